The fourth-order valence-corrected chi connectivity index (χ4v) is 1.81. The summed E-state index contributed by atoms with van der Waals surface area (Å²) in [6.07, 6.45) is 1.89. The molecule has 0 amide bonds. The van der Waals surface area contributed by atoms with E-state index >= 15 is 0 Å². The van der Waals surface area contributed by atoms with Crippen LogP contribution in [0.5, 0.6) is 11.5 Å². The van der Waals surface area contributed by atoms with E-state index in [1.54, 1.807) is 25.3 Å². The van der Waals surface area contributed by atoms with Crippen LogP contribution in [0.4, 0.5) is 0 Å². The summed E-state index contributed by atoms with van der Waals surface area (Å²) < 4.78 is 16.4. The first-order valence-corrected chi connectivity index (χ1v) is 5.66. The van der Waals surface area contributed by atoms with Gasteiger partial charge in [-0.3, -0.25) is 0 Å². The summed E-state index contributed by atoms with van der Waals surface area (Å²) in [4.78, 5) is 0. The zero-order valence-corrected chi connectivity index (χ0v) is 9.81. The van der Waals surface area contributed by atoms with Crippen LogP contribution in [0.2, 0.25) is 0 Å². The lowest BCUT2D eigenvalue weighted by Crippen LogP contribution is -2.26. The van der Waals surface area contributed by atoms with Crippen molar-refractivity contribution >= 4 is 0 Å². The van der Waals surface area contributed by atoms with Crippen LogP contribution >= 0.6 is 0 Å². The zero-order chi connectivity index (χ0) is 12.1. The zero-order valence-electron chi connectivity index (χ0n) is 9.81. The minimum atomic E-state index is 0.145. The van der Waals surface area contributed by atoms with Gasteiger partial charge in [-0.1, -0.05) is 0 Å². The van der Waals surface area contributed by atoms with Crippen LogP contribution in [0.3, 0.4) is 0 Å². The molecule has 17 heavy (non-hydrogen) atoms. The van der Waals surface area contributed by atoms with E-state index < -0.39 is 0 Å². The first-order valence-electron chi connectivity index (χ1n) is 5.66. The summed E-state index contributed by atoms with van der Waals surface area (Å²) in [7, 11) is 1.60. The molecular formula is C13H15NO3. The van der Waals surface area contributed by atoms with Gasteiger partial charge >= 0.3 is 0 Å². The van der Waals surface area contributed by atoms with Crippen molar-refractivity contribution < 1.29 is 14.2 Å². The molecule has 0 spiro atoms. The molecule has 1 aliphatic heterocycles. The summed E-state index contributed by atoms with van der Waals surface area (Å²) in [5.41, 5.74) is 0.577. The van der Waals surface area contributed by atoms with E-state index in [9.17, 15) is 0 Å². The van der Waals surface area contributed by atoms with Crippen molar-refractivity contribution in [2.24, 2.45) is 0 Å². The fraction of sp³-hybridized carbons (Fsp3) is 0.462. The van der Waals surface area contributed by atoms with Gasteiger partial charge in [0.15, 0.2) is 11.5 Å². The summed E-state index contributed by atoms with van der Waals surface area (Å²) in [5.74, 6) is 1.30. The highest BCUT2D eigenvalue weighted by atomic mass is 16.5. The van der Waals surface area contributed by atoms with Gasteiger partial charge in [0, 0.05) is 18.9 Å². The number of benzene rings is 1. The Hall–Kier alpha value is -1.73. The second-order valence-corrected chi connectivity index (χ2v) is 3.91. The average Bonchev–Trinajstić information content (AvgIpc) is 2.40. The van der Waals surface area contributed by atoms with Gasteiger partial charge in [0.25, 0.3) is 0 Å². The minimum Gasteiger partial charge on any atom is -0.493 e. The van der Waals surface area contributed by atoms with Crippen molar-refractivity contribution in [1.29, 1.82) is 5.26 Å². The number of ether oxygens (including phenoxy) is 3. The van der Waals surface area contributed by atoms with E-state index in [1.807, 2.05) is 0 Å². The third-order valence-electron chi connectivity index (χ3n) is 2.75. The normalized spacial score (nSPS) is 16.2. The maximum absolute atomic E-state index is 8.87. The molecule has 0 aromatic heterocycles. The molecule has 0 bridgehead atoms. The van der Waals surface area contributed by atoms with Crippen LogP contribution < -0.4 is 9.47 Å². The highest BCUT2D eigenvalue weighted by Crippen LogP contribution is 2.30. The van der Waals surface area contributed by atoms with Gasteiger partial charge in [-0.15, -0.1) is 0 Å². The summed E-state index contributed by atoms with van der Waals surface area (Å²) >= 11 is 0. The number of nitrogens with zero attached hydrogens (tertiary/aromatic N) is 1. The Morgan fingerprint density at radius 2 is 2.06 bits per heavy atom. The molecule has 0 atom stereocenters. The monoisotopic (exact) mass is 233 g/mol. The number of hydrogen-bond acceptors (Lipinski definition) is 4. The molecule has 4 nitrogen and oxygen atoms in total. The molecule has 90 valence electrons. The summed E-state index contributed by atoms with van der Waals surface area (Å²) in [6, 6.07) is 7.29. The molecule has 0 unspecified atom stereocenters. The van der Waals surface area contributed by atoms with Crippen molar-refractivity contribution in [2.75, 3.05) is 20.3 Å². The van der Waals surface area contributed by atoms with E-state index in [0.717, 1.165) is 26.1 Å². The minimum absolute atomic E-state index is 0.145. The van der Waals surface area contributed by atoms with Crippen molar-refractivity contribution in [2.45, 2.75) is 18.9 Å². The highest BCUT2D eigenvalue weighted by Gasteiger charge is 2.17. The Bertz CT molecular complexity index is 419. The van der Waals surface area contributed by atoms with Crippen LogP contribution in [0.25, 0.3) is 0 Å². The smallest absolute Gasteiger partial charge is 0.162 e. The van der Waals surface area contributed by atoms with Gasteiger partial charge in [0.2, 0.25) is 0 Å². The Labute approximate surface area is 101 Å². The van der Waals surface area contributed by atoms with Gasteiger partial charge in [-0.05, 0) is 12.1 Å². The summed E-state index contributed by atoms with van der Waals surface area (Å²) in [6.45, 7) is 1.45. The molecule has 1 heterocycles. The van der Waals surface area contributed by atoms with Crippen molar-refractivity contribution in [3.63, 3.8) is 0 Å². The Morgan fingerprint density at radius 1 is 1.29 bits per heavy atom. The molecule has 4 heteroatoms. The van der Waals surface area contributed by atoms with Crippen LogP contribution in [0, 0.1) is 11.3 Å². The van der Waals surface area contributed by atoms with E-state index in [4.69, 9.17) is 19.5 Å². The van der Waals surface area contributed by atoms with E-state index in [0.29, 0.717) is 17.1 Å². The summed E-state index contributed by atoms with van der Waals surface area (Å²) in [5, 5.41) is 8.87. The molecule has 1 fully saturated rings. The van der Waals surface area contributed by atoms with Crippen LogP contribution in [0.15, 0.2) is 18.2 Å². The largest absolute Gasteiger partial charge is 0.493 e. The fourth-order valence-electron chi connectivity index (χ4n) is 1.81. The van der Waals surface area contributed by atoms with Gasteiger partial charge in [0.1, 0.15) is 6.10 Å². The Morgan fingerprint density at radius 3 is 2.71 bits per heavy atom. The van der Waals surface area contributed by atoms with Crippen LogP contribution in [0.1, 0.15) is 18.4 Å². The molecule has 0 saturated carbocycles. The predicted octanol–water partition coefficient (Wildman–Crippen LogP) is 2.12. The SMILES string of the molecule is COc1ccc(C#N)cc1OC1CCOCC1. The Balaban J connectivity index is 2.14. The molecule has 0 aliphatic carbocycles. The predicted molar refractivity (Wildman–Crippen MR) is 62.2 cm³/mol. The number of nitriles is 1. The topological polar surface area (TPSA) is 51.5 Å². The maximum Gasteiger partial charge on any atom is 0.162 e. The molecule has 0 N–H and O–H groups in total. The van der Waals surface area contributed by atoms with Crippen molar-refractivity contribution in [3.8, 4) is 17.6 Å². The molecule has 1 saturated heterocycles. The standard InChI is InChI=1S/C13H15NO3/c1-15-12-3-2-10(9-14)8-13(12)17-11-4-6-16-7-5-11/h2-3,8,11H,4-7H2,1H3. The molecule has 1 aliphatic rings. The van der Waals surface area contributed by atoms with Gasteiger partial charge < -0.3 is 14.2 Å². The molecule has 1 aromatic rings. The van der Waals surface area contributed by atoms with Crippen LogP contribution in [-0.4, -0.2) is 26.4 Å². The second-order valence-electron chi connectivity index (χ2n) is 3.91. The third-order valence-corrected chi connectivity index (χ3v) is 2.75. The Kier molecular flexibility index (Phi) is 3.84. The average molecular weight is 233 g/mol. The van der Waals surface area contributed by atoms with E-state index in [1.165, 1.54) is 0 Å². The third kappa shape index (κ3) is 2.89. The lowest BCUT2D eigenvalue weighted by atomic mass is 10.1. The lowest BCUT2D eigenvalue weighted by Gasteiger charge is -2.24. The highest BCUT2D eigenvalue weighted by molar-refractivity contribution is 5.46. The second kappa shape index (κ2) is 5.55. The van der Waals surface area contributed by atoms with Crippen molar-refractivity contribution in [3.05, 3.63) is 23.8 Å². The lowest BCUT2D eigenvalue weighted by molar-refractivity contribution is 0.0245. The van der Waals surface area contributed by atoms with E-state index in [2.05, 4.69) is 6.07 Å². The maximum atomic E-state index is 8.87. The van der Waals surface area contributed by atoms with Gasteiger partial charge in [-0.2, -0.15) is 5.26 Å². The molecule has 0 radical (unpaired) electrons. The van der Waals surface area contributed by atoms with Crippen LogP contribution in [-0.2, 0) is 4.74 Å². The van der Waals surface area contributed by atoms with Gasteiger partial charge in [-0.25, -0.2) is 0 Å². The number of rotatable bonds is 3. The van der Waals surface area contributed by atoms with Gasteiger partial charge in [0.05, 0.1) is 32.0 Å². The molecular weight excluding hydrogens is 218 g/mol. The molecule has 1 aromatic carbocycles. The van der Waals surface area contributed by atoms with E-state index in [-0.39, 0.29) is 6.10 Å². The first-order chi connectivity index (χ1) is 8.33. The number of hydrogen-bond donors (Lipinski definition) is 0. The number of methoxy groups -OCH3 is 1. The quantitative estimate of drug-likeness (QED) is 0.802. The molecule has 2 rings (SSSR count). The van der Waals surface area contributed by atoms with Crippen molar-refractivity contribution in [1.82, 2.24) is 0 Å². The first kappa shape index (κ1) is 11.7.